The summed E-state index contributed by atoms with van der Waals surface area (Å²) in [6.45, 7) is 9.45. The molecule has 2 aromatic rings. The zero-order chi connectivity index (χ0) is 42.2. The number of benzene rings is 2. The molecule has 17 heteroatoms. The highest BCUT2D eigenvalue weighted by atomic mass is 35.5. The van der Waals surface area contributed by atoms with E-state index in [1.165, 1.54) is 0 Å². The van der Waals surface area contributed by atoms with Crippen molar-refractivity contribution in [1.82, 2.24) is 20.0 Å². The number of likely N-dealkylation sites (tertiary alicyclic amines) is 1. The van der Waals surface area contributed by atoms with Gasteiger partial charge in [0.15, 0.2) is 17.3 Å². The molecule has 3 saturated heterocycles. The van der Waals surface area contributed by atoms with Gasteiger partial charge in [0.05, 0.1) is 55.8 Å². The summed E-state index contributed by atoms with van der Waals surface area (Å²) in [6, 6.07) is 9.16. The van der Waals surface area contributed by atoms with Crippen LogP contribution < -0.4 is 15.0 Å². The van der Waals surface area contributed by atoms with Gasteiger partial charge in [0.25, 0.3) is 11.8 Å². The molecular formula is C43H52ClN5O11. The van der Waals surface area contributed by atoms with E-state index in [-0.39, 0.29) is 65.1 Å². The van der Waals surface area contributed by atoms with Gasteiger partial charge in [-0.05, 0) is 56.0 Å². The van der Waals surface area contributed by atoms with Crippen molar-refractivity contribution in [3.05, 3.63) is 58.1 Å². The van der Waals surface area contributed by atoms with E-state index in [4.69, 9.17) is 30.5 Å². The molecule has 4 amide bonds. The number of piperidine rings is 2. The largest absolute Gasteiger partial charge is 0.489 e. The van der Waals surface area contributed by atoms with E-state index in [2.05, 4.69) is 20.0 Å². The Kier molecular flexibility index (Phi) is 14.7. The van der Waals surface area contributed by atoms with Crippen molar-refractivity contribution >= 4 is 58.3 Å². The molecule has 1 saturated carbocycles. The maximum atomic E-state index is 13.2. The van der Waals surface area contributed by atoms with Crippen molar-refractivity contribution in [2.45, 2.75) is 57.1 Å². The molecule has 1 N–H and O–H groups in total. The van der Waals surface area contributed by atoms with Gasteiger partial charge in [0.2, 0.25) is 11.8 Å². The van der Waals surface area contributed by atoms with E-state index >= 15 is 0 Å². The number of halogens is 1. The minimum Gasteiger partial charge on any atom is -0.489 e. The second kappa shape index (κ2) is 20.3. The molecule has 1 atom stereocenters. The van der Waals surface area contributed by atoms with Crippen LogP contribution in [0, 0.1) is 5.92 Å². The van der Waals surface area contributed by atoms with Gasteiger partial charge >= 0.3 is 0 Å². The van der Waals surface area contributed by atoms with Crippen LogP contribution in [-0.2, 0) is 33.4 Å². The molecule has 16 nitrogen and oxygen atoms in total. The molecule has 4 fully saturated rings. The predicted octanol–water partition coefficient (Wildman–Crippen LogP) is 2.58. The number of imide groups is 2. The number of hydrogen-bond donors (Lipinski definition) is 1. The molecule has 7 rings (SSSR count). The maximum Gasteiger partial charge on any atom is 0.262 e. The minimum atomic E-state index is -1.26. The topological polar surface area (TPSA) is 181 Å². The summed E-state index contributed by atoms with van der Waals surface area (Å²) in [5.41, 5.74) is 1.56. The van der Waals surface area contributed by atoms with Crippen LogP contribution in [-0.4, -0.2) is 160 Å². The summed E-state index contributed by atoms with van der Waals surface area (Å²) in [4.78, 5) is 95.7. The molecule has 0 radical (unpaired) electrons. The predicted molar refractivity (Wildman–Crippen MR) is 217 cm³/mol. The Hall–Kier alpha value is -4.58. The minimum absolute atomic E-state index is 0.0713. The van der Waals surface area contributed by atoms with Gasteiger partial charge < -0.3 is 28.7 Å². The highest BCUT2D eigenvalue weighted by molar-refractivity contribution is 6.37. The monoisotopic (exact) mass is 849 g/mol. The molecule has 0 bridgehead atoms. The third kappa shape index (κ3) is 10.3. The van der Waals surface area contributed by atoms with Gasteiger partial charge in [-0.25, -0.2) is 0 Å². The zero-order valence-electron chi connectivity index (χ0n) is 33.7. The second-order valence-electron chi connectivity index (χ2n) is 15.7. The lowest BCUT2D eigenvalue weighted by molar-refractivity contribution is -0.137. The van der Waals surface area contributed by atoms with Gasteiger partial charge in [-0.3, -0.25) is 48.7 Å². The molecule has 4 heterocycles. The molecule has 60 heavy (non-hydrogen) atoms. The van der Waals surface area contributed by atoms with Crippen LogP contribution in [0.15, 0.2) is 36.4 Å². The zero-order valence-corrected chi connectivity index (χ0v) is 34.5. The quantitative estimate of drug-likeness (QED) is 0.100. The van der Waals surface area contributed by atoms with Crippen LogP contribution >= 0.6 is 11.6 Å². The number of carbonyl (C=O) groups is 7. The summed E-state index contributed by atoms with van der Waals surface area (Å²) < 4.78 is 23.4. The number of anilines is 1. The van der Waals surface area contributed by atoms with Crippen molar-refractivity contribution in [3.8, 4) is 5.75 Å². The molecule has 2 aromatic carbocycles. The lowest BCUT2D eigenvalue weighted by Gasteiger charge is -2.36. The van der Waals surface area contributed by atoms with Gasteiger partial charge in [-0.15, -0.1) is 0 Å². The highest BCUT2D eigenvalue weighted by Gasteiger charge is 2.45. The third-order valence-electron chi connectivity index (χ3n) is 11.8. The number of nitrogens with one attached hydrogen (secondary N) is 1. The van der Waals surface area contributed by atoms with E-state index in [0.717, 1.165) is 75.8 Å². The first kappa shape index (κ1) is 43.5. The highest BCUT2D eigenvalue weighted by Crippen LogP contribution is 2.34. The fraction of sp³-hybridized carbons (Fsp3) is 0.558. The molecule has 0 aromatic heterocycles. The summed E-state index contributed by atoms with van der Waals surface area (Å²) >= 11 is 6.57. The lowest BCUT2D eigenvalue weighted by Crippen LogP contribution is -2.54. The first-order chi connectivity index (χ1) is 29.1. The average Bonchev–Trinajstić information content (AvgIpc) is 3.49. The van der Waals surface area contributed by atoms with Crippen LogP contribution in [0.4, 0.5) is 5.69 Å². The molecule has 322 valence electrons. The molecule has 4 aliphatic heterocycles. The lowest BCUT2D eigenvalue weighted by atomic mass is 9.81. The first-order valence-electron chi connectivity index (χ1n) is 20.9. The van der Waals surface area contributed by atoms with Crippen LogP contribution in [0.5, 0.6) is 5.75 Å². The Morgan fingerprint density at radius 2 is 1.32 bits per heavy atom. The van der Waals surface area contributed by atoms with Crippen molar-refractivity contribution in [3.63, 3.8) is 0 Å². The smallest absolute Gasteiger partial charge is 0.262 e. The molecular weight excluding hydrogens is 798 g/mol. The number of rotatable bonds is 18. The third-order valence-corrected chi connectivity index (χ3v) is 12.2. The standard InChI is InChI=1S/C43H52ClN5O11/c44-39-31(40(53)38-34(50)4-2-5-35(38)51)3-1-6-36(39)60-29-11-13-46(14-12-29)19-21-57-23-25-59-26-24-58-22-20-47-15-17-48(18-16-47)28-7-8-30-32(27-28)43(56)49(42(30)55)33-9-10-37(52)45-41(33)54/h1,3,6-8,27,29,33,38H,2,4-5,9-26H2,(H,45,52,54). The van der Waals surface area contributed by atoms with Crippen LogP contribution in [0.2, 0.25) is 5.02 Å². The van der Waals surface area contributed by atoms with E-state index < -0.39 is 41.4 Å². The summed E-state index contributed by atoms with van der Waals surface area (Å²) in [7, 11) is 0. The van der Waals surface area contributed by atoms with Crippen molar-refractivity contribution in [2.75, 3.05) is 96.9 Å². The Morgan fingerprint density at radius 3 is 1.97 bits per heavy atom. The summed E-state index contributed by atoms with van der Waals surface area (Å²) in [5, 5.41) is 2.37. The number of fused-ring (bicyclic) bond motifs is 1. The number of ketones is 3. The molecule has 0 spiro atoms. The Morgan fingerprint density at radius 1 is 0.700 bits per heavy atom. The van der Waals surface area contributed by atoms with E-state index in [0.29, 0.717) is 51.8 Å². The van der Waals surface area contributed by atoms with Crippen LogP contribution in [0.3, 0.4) is 0 Å². The Labute approximate surface area is 353 Å². The molecule has 5 aliphatic rings. The fourth-order valence-corrected chi connectivity index (χ4v) is 8.65. The van der Waals surface area contributed by atoms with E-state index in [9.17, 15) is 33.6 Å². The first-order valence-corrected chi connectivity index (χ1v) is 21.3. The van der Waals surface area contributed by atoms with Crippen molar-refractivity contribution in [2.24, 2.45) is 5.92 Å². The Bertz CT molecular complexity index is 1950. The van der Waals surface area contributed by atoms with E-state index in [1.807, 2.05) is 6.07 Å². The molecule has 1 unspecified atom stereocenters. The van der Waals surface area contributed by atoms with Crippen molar-refractivity contribution in [1.29, 1.82) is 0 Å². The van der Waals surface area contributed by atoms with Crippen LogP contribution in [0.1, 0.15) is 76.0 Å². The number of ether oxygens (including phenoxy) is 4. The summed E-state index contributed by atoms with van der Waals surface area (Å²) in [6.07, 6.45) is 2.64. The fourth-order valence-electron chi connectivity index (χ4n) is 8.39. The SMILES string of the molecule is O=C1CCC(N2C(=O)c3ccc(N4CCN(CCOCCOCCOCCN5CCC(Oc6cccc(C(=O)C7C(=O)CCCC7=O)c6Cl)CC5)CC4)cc3C2=O)C(=O)N1. The van der Waals surface area contributed by atoms with Gasteiger partial charge in [0, 0.05) is 82.9 Å². The maximum absolute atomic E-state index is 13.2. The summed E-state index contributed by atoms with van der Waals surface area (Å²) in [5.74, 6) is -4.14. The number of hydrogen-bond acceptors (Lipinski definition) is 14. The number of nitrogens with zero attached hydrogens (tertiary/aromatic N) is 4. The van der Waals surface area contributed by atoms with Gasteiger partial charge in [-0.1, -0.05) is 17.7 Å². The molecule has 1 aliphatic carbocycles. The average molecular weight is 850 g/mol. The second-order valence-corrected chi connectivity index (χ2v) is 16.1. The number of piperazine rings is 1. The number of carbonyl (C=O) groups excluding carboxylic acids is 7. The van der Waals surface area contributed by atoms with E-state index in [1.54, 1.807) is 30.3 Å². The van der Waals surface area contributed by atoms with Crippen LogP contribution in [0.25, 0.3) is 0 Å². The van der Waals surface area contributed by atoms with Gasteiger partial charge in [-0.2, -0.15) is 0 Å². The number of Topliss-reactive ketones (excluding diaryl/α,β-unsaturated/α-hetero) is 3. The Balaban J connectivity index is 0.703. The normalized spacial score (nSPS) is 21.2. The van der Waals surface area contributed by atoms with Crippen molar-refractivity contribution < 1.29 is 52.5 Å². The number of amides is 4. The van der Waals surface area contributed by atoms with Gasteiger partial charge in [0.1, 0.15) is 23.8 Å².